The van der Waals surface area contributed by atoms with Crippen molar-refractivity contribution in [2.24, 2.45) is 5.41 Å². The highest BCUT2D eigenvalue weighted by Gasteiger charge is 2.29. The lowest BCUT2D eigenvalue weighted by Crippen LogP contribution is -2.31. The summed E-state index contributed by atoms with van der Waals surface area (Å²) in [7, 11) is 0. The van der Waals surface area contributed by atoms with E-state index in [4.69, 9.17) is 0 Å². The highest BCUT2D eigenvalue weighted by Crippen LogP contribution is 2.37. The zero-order valence-corrected chi connectivity index (χ0v) is 14.7. The fourth-order valence-corrected chi connectivity index (χ4v) is 4.49. The number of hydrogen-bond acceptors (Lipinski definition) is 0. The smallest absolute Gasteiger partial charge is 0.107 e. The summed E-state index contributed by atoms with van der Waals surface area (Å²) in [4.78, 5) is 0. The Morgan fingerprint density at radius 3 is 2.46 bits per heavy atom. The third-order valence-electron chi connectivity index (χ3n) is 6.37. The molecule has 24 heavy (non-hydrogen) atoms. The summed E-state index contributed by atoms with van der Waals surface area (Å²) in [6.45, 7) is 4.54. The van der Waals surface area contributed by atoms with Gasteiger partial charge in [0.2, 0.25) is 0 Å². The highest BCUT2D eigenvalue weighted by molar-refractivity contribution is 5.48. The molecular formula is C23H25O. The van der Waals surface area contributed by atoms with Gasteiger partial charge in [0.1, 0.15) is 6.61 Å². The Hall–Kier alpha value is -1.86. The maximum Gasteiger partial charge on any atom is 0.107 e. The quantitative estimate of drug-likeness (QED) is 0.821. The largest absolute Gasteiger partial charge is 0.232 e. The Morgan fingerprint density at radius 2 is 1.71 bits per heavy atom. The van der Waals surface area contributed by atoms with Gasteiger partial charge in [-0.2, -0.15) is 0 Å². The number of benzene rings is 2. The SMILES string of the molecule is CCC1(CC)CC=c2ccc3c(c2C1)CC=c1cc(C[O])ccc1=3. The van der Waals surface area contributed by atoms with Crippen molar-refractivity contribution in [3.63, 3.8) is 0 Å². The molecule has 1 heteroatoms. The molecule has 123 valence electrons. The second-order valence-corrected chi connectivity index (χ2v) is 7.43. The molecule has 0 saturated carbocycles. The summed E-state index contributed by atoms with van der Waals surface area (Å²) in [6.07, 6.45) is 10.7. The molecule has 2 aromatic carbocycles. The molecule has 0 heterocycles. The van der Waals surface area contributed by atoms with Crippen LogP contribution in [0.15, 0.2) is 30.3 Å². The van der Waals surface area contributed by atoms with E-state index in [1.54, 1.807) is 5.56 Å². The number of rotatable bonds is 3. The first kappa shape index (κ1) is 15.7. The number of fused-ring (bicyclic) bond motifs is 4. The lowest BCUT2D eigenvalue weighted by atomic mass is 9.70. The van der Waals surface area contributed by atoms with E-state index in [0.29, 0.717) is 5.41 Å². The zero-order chi connectivity index (χ0) is 16.7. The van der Waals surface area contributed by atoms with E-state index >= 15 is 0 Å². The molecule has 0 atom stereocenters. The van der Waals surface area contributed by atoms with E-state index in [2.05, 4.69) is 50.3 Å². The van der Waals surface area contributed by atoms with Gasteiger partial charge in [-0.05, 0) is 81.2 Å². The molecule has 0 amide bonds. The normalized spacial score (nSPS) is 17.1. The predicted molar refractivity (Wildman–Crippen MR) is 98.2 cm³/mol. The Morgan fingerprint density at radius 1 is 0.917 bits per heavy atom. The molecular weight excluding hydrogens is 292 g/mol. The molecule has 0 N–H and O–H groups in total. The van der Waals surface area contributed by atoms with Crippen molar-refractivity contribution in [2.45, 2.75) is 52.6 Å². The summed E-state index contributed by atoms with van der Waals surface area (Å²) in [5.74, 6) is 0. The van der Waals surface area contributed by atoms with E-state index in [0.717, 1.165) is 12.0 Å². The minimum atomic E-state index is -0.136. The standard InChI is InChI=1S/C23H25O/c1-3-23(4-2)12-11-17-6-9-20-19-8-5-16(15-24)13-18(19)7-10-21(20)22(17)14-23/h5-9,11,13H,3-4,10,12,14-15H2,1-2H3. The summed E-state index contributed by atoms with van der Waals surface area (Å²) >= 11 is 0. The van der Waals surface area contributed by atoms with Crippen LogP contribution in [0.5, 0.6) is 0 Å². The molecule has 2 aromatic rings. The van der Waals surface area contributed by atoms with E-state index < -0.39 is 0 Å². The molecule has 1 radical (unpaired) electrons. The van der Waals surface area contributed by atoms with Gasteiger partial charge in [-0.3, -0.25) is 0 Å². The van der Waals surface area contributed by atoms with Gasteiger partial charge in [-0.25, -0.2) is 5.11 Å². The average Bonchev–Trinajstić information content (AvgIpc) is 2.66. The van der Waals surface area contributed by atoms with Crippen LogP contribution in [0, 0.1) is 15.9 Å². The Kier molecular flexibility index (Phi) is 3.85. The van der Waals surface area contributed by atoms with Gasteiger partial charge >= 0.3 is 0 Å². The van der Waals surface area contributed by atoms with Crippen LogP contribution in [-0.4, -0.2) is 0 Å². The molecule has 0 aromatic heterocycles. The summed E-state index contributed by atoms with van der Waals surface area (Å²) in [5.41, 5.74) is 4.40. The summed E-state index contributed by atoms with van der Waals surface area (Å²) in [6, 6.07) is 10.8. The lowest BCUT2D eigenvalue weighted by Gasteiger charge is -2.35. The molecule has 0 bridgehead atoms. The van der Waals surface area contributed by atoms with E-state index in [1.165, 1.54) is 52.1 Å². The number of hydrogen-bond donors (Lipinski definition) is 0. The van der Waals surface area contributed by atoms with Crippen molar-refractivity contribution in [3.8, 4) is 0 Å². The Balaban J connectivity index is 2.00. The van der Waals surface area contributed by atoms with Crippen LogP contribution in [0.1, 0.15) is 49.8 Å². The first-order chi connectivity index (χ1) is 11.7. The van der Waals surface area contributed by atoms with Gasteiger partial charge in [-0.1, -0.05) is 50.3 Å². The molecule has 0 fully saturated rings. The molecule has 0 unspecified atom stereocenters. The predicted octanol–water partition coefficient (Wildman–Crippen LogP) is 3.77. The Bertz CT molecular complexity index is 994. The zero-order valence-electron chi connectivity index (χ0n) is 14.7. The molecule has 2 aliphatic carbocycles. The third kappa shape index (κ3) is 2.34. The van der Waals surface area contributed by atoms with Gasteiger partial charge < -0.3 is 0 Å². The topological polar surface area (TPSA) is 19.9 Å². The molecule has 0 spiro atoms. The van der Waals surface area contributed by atoms with Crippen molar-refractivity contribution in [1.29, 1.82) is 0 Å². The van der Waals surface area contributed by atoms with Crippen molar-refractivity contribution in [1.82, 2.24) is 0 Å². The molecule has 0 saturated heterocycles. The van der Waals surface area contributed by atoms with Crippen LogP contribution < -0.4 is 10.4 Å². The Labute approximate surface area is 143 Å². The van der Waals surface area contributed by atoms with Gasteiger partial charge in [0, 0.05) is 0 Å². The van der Waals surface area contributed by atoms with Crippen LogP contribution in [0.25, 0.3) is 12.2 Å². The van der Waals surface area contributed by atoms with Crippen LogP contribution >= 0.6 is 0 Å². The van der Waals surface area contributed by atoms with Crippen molar-refractivity contribution >= 4 is 12.2 Å². The van der Waals surface area contributed by atoms with Crippen molar-refractivity contribution < 1.29 is 5.11 Å². The maximum absolute atomic E-state index is 11.2. The lowest BCUT2D eigenvalue weighted by molar-refractivity contribution is 0.177. The van der Waals surface area contributed by atoms with Crippen LogP contribution in [0.3, 0.4) is 0 Å². The first-order valence-electron chi connectivity index (χ1n) is 9.22. The van der Waals surface area contributed by atoms with E-state index in [9.17, 15) is 5.11 Å². The molecule has 0 aliphatic heterocycles. The monoisotopic (exact) mass is 317 g/mol. The maximum atomic E-state index is 11.2. The van der Waals surface area contributed by atoms with Gasteiger partial charge in [-0.15, -0.1) is 0 Å². The van der Waals surface area contributed by atoms with Crippen LogP contribution in [-0.2, 0) is 24.6 Å². The van der Waals surface area contributed by atoms with Gasteiger partial charge in [0.05, 0.1) is 0 Å². The van der Waals surface area contributed by atoms with Crippen molar-refractivity contribution in [3.05, 3.63) is 67.9 Å². The summed E-state index contributed by atoms with van der Waals surface area (Å²) in [5, 5.41) is 16.5. The molecule has 2 aliphatic rings. The van der Waals surface area contributed by atoms with Gasteiger partial charge in [0.15, 0.2) is 0 Å². The minimum absolute atomic E-state index is 0.136. The minimum Gasteiger partial charge on any atom is -0.232 e. The third-order valence-corrected chi connectivity index (χ3v) is 6.37. The second-order valence-electron chi connectivity index (χ2n) is 7.43. The van der Waals surface area contributed by atoms with Crippen molar-refractivity contribution in [2.75, 3.05) is 0 Å². The van der Waals surface area contributed by atoms with E-state index in [-0.39, 0.29) is 6.61 Å². The second kappa shape index (κ2) is 5.89. The average molecular weight is 317 g/mol. The fourth-order valence-electron chi connectivity index (χ4n) is 4.49. The van der Waals surface area contributed by atoms with E-state index in [1.807, 2.05) is 6.07 Å². The fraction of sp³-hybridized carbons (Fsp3) is 0.391. The highest BCUT2D eigenvalue weighted by atomic mass is 16.3. The molecule has 1 nitrogen and oxygen atoms in total. The van der Waals surface area contributed by atoms with Crippen LogP contribution in [0.2, 0.25) is 0 Å². The van der Waals surface area contributed by atoms with Gasteiger partial charge in [0.25, 0.3) is 0 Å². The summed E-state index contributed by atoms with van der Waals surface area (Å²) < 4.78 is 0. The molecule has 4 rings (SSSR count). The first-order valence-corrected chi connectivity index (χ1v) is 9.22. The van der Waals surface area contributed by atoms with Crippen LogP contribution in [0.4, 0.5) is 0 Å².